The molecule has 1 heterocycles. The molecule has 0 fully saturated rings. The van der Waals surface area contributed by atoms with Crippen LogP contribution in [0, 0.1) is 5.82 Å². The Morgan fingerprint density at radius 3 is 2.03 bits per heavy atom. The van der Waals surface area contributed by atoms with Crippen LogP contribution in [-0.4, -0.2) is 9.78 Å². The fourth-order valence-electron chi connectivity index (χ4n) is 3.03. The maximum atomic E-state index is 13.7. The van der Waals surface area contributed by atoms with Gasteiger partial charge in [0.25, 0.3) is 0 Å². The third-order valence-electron chi connectivity index (χ3n) is 4.43. The highest BCUT2D eigenvalue weighted by molar-refractivity contribution is 6.42. The van der Waals surface area contributed by atoms with E-state index in [0.717, 1.165) is 22.4 Å². The Labute approximate surface area is 187 Å². The summed E-state index contributed by atoms with van der Waals surface area (Å²) < 4.78 is 15.5. The zero-order valence-corrected chi connectivity index (χ0v) is 17.9. The first kappa shape index (κ1) is 20.2. The Bertz CT molecular complexity index is 1200. The van der Waals surface area contributed by atoms with Crippen molar-refractivity contribution in [2.24, 2.45) is 0 Å². The Morgan fingerprint density at radius 1 is 0.724 bits per heavy atom. The van der Waals surface area contributed by atoms with Crippen molar-refractivity contribution in [3.05, 3.63) is 98.2 Å². The summed E-state index contributed by atoms with van der Waals surface area (Å²) in [5, 5.41) is 6.55. The molecule has 0 aliphatic carbocycles. The van der Waals surface area contributed by atoms with Gasteiger partial charge in [0.15, 0.2) is 0 Å². The van der Waals surface area contributed by atoms with E-state index in [9.17, 15) is 4.39 Å². The van der Waals surface area contributed by atoms with Crippen LogP contribution in [0.4, 0.5) is 4.39 Å². The number of hydrogen-bond donors (Lipinski definition) is 0. The molecule has 1 aromatic heterocycles. The summed E-state index contributed by atoms with van der Waals surface area (Å²) in [5.74, 6) is -0.296. The Morgan fingerprint density at radius 2 is 1.38 bits per heavy atom. The molecule has 0 atom stereocenters. The van der Waals surface area contributed by atoms with Crippen LogP contribution < -0.4 is 0 Å². The number of benzene rings is 3. The van der Waals surface area contributed by atoms with Gasteiger partial charge in [0.1, 0.15) is 5.82 Å². The minimum atomic E-state index is -0.296. The quantitative estimate of drug-likeness (QED) is 0.298. The minimum Gasteiger partial charge on any atom is -0.260 e. The molecule has 0 saturated heterocycles. The van der Waals surface area contributed by atoms with Crippen LogP contribution in [0.25, 0.3) is 22.5 Å². The Kier molecular flexibility index (Phi) is 5.84. The fraction of sp³-hybridized carbons (Fsp3) is 0.0455. The summed E-state index contributed by atoms with van der Waals surface area (Å²) in [5.41, 5.74) is 3.97. The van der Waals surface area contributed by atoms with E-state index < -0.39 is 0 Å². The Balaban J connectivity index is 1.83. The highest BCUT2D eigenvalue weighted by atomic mass is 35.5. The van der Waals surface area contributed by atoms with E-state index in [1.807, 2.05) is 24.3 Å². The van der Waals surface area contributed by atoms with Gasteiger partial charge in [-0.1, -0.05) is 70.7 Å². The van der Waals surface area contributed by atoms with Crippen molar-refractivity contribution >= 4 is 46.4 Å². The largest absolute Gasteiger partial charge is 0.260 e. The molecule has 29 heavy (non-hydrogen) atoms. The van der Waals surface area contributed by atoms with Crippen LogP contribution in [-0.2, 0) is 6.54 Å². The summed E-state index contributed by atoms with van der Waals surface area (Å²) in [6.07, 6.45) is 0. The molecule has 0 aliphatic heterocycles. The molecular formula is C22H13Cl4FN2. The molecular weight excluding hydrogens is 453 g/mol. The molecule has 0 radical (unpaired) electrons. The molecule has 0 bridgehead atoms. The lowest BCUT2D eigenvalue weighted by molar-refractivity contribution is 0.620. The average molecular weight is 466 g/mol. The molecule has 0 spiro atoms. The Hall–Kier alpha value is -2.04. The lowest BCUT2D eigenvalue weighted by Crippen LogP contribution is -2.04. The van der Waals surface area contributed by atoms with Gasteiger partial charge >= 0.3 is 0 Å². The molecule has 7 heteroatoms. The second kappa shape index (κ2) is 8.37. The van der Waals surface area contributed by atoms with Crippen molar-refractivity contribution < 1.29 is 4.39 Å². The van der Waals surface area contributed by atoms with Gasteiger partial charge < -0.3 is 0 Å². The van der Waals surface area contributed by atoms with E-state index in [1.165, 1.54) is 12.1 Å². The lowest BCUT2D eigenvalue weighted by Gasteiger charge is -2.09. The van der Waals surface area contributed by atoms with Crippen LogP contribution in [0.2, 0.25) is 20.1 Å². The first-order chi connectivity index (χ1) is 13.9. The number of hydrogen-bond acceptors (Lipinski definition) is 1. The van der Waals surface area contributed by atoms with Gasteiger partial charge in [-0.25, -0.2) is 4.39 Å². The third kappa shape index (κ3) is 4.44. The normalized spacial score (nSPS) is 11.1. The molecule has 0 unspecified atom stereocenters. The molecule has 0 N–H and O–H groups in total. The van der Waals surface area contributed by atoms with Crippen molar-refractivity contribution in [3.8, 4) is 22.5 Å². The number of nitrogens with zero attached hydrogens (tertiary/aromatic N) is 2. The summed E-state index contributed by atoms with van der Waals surface area (Å²) in [6.45, 7) is 0.384. The molecule has 2 nitrogen and oxygen atoms in total. The minimum absolute atomic E-state index is 0.296. The predicted molar refractivity (Wildman–Crippen MR) is 119 cm³/mol. The first-order valence-electron chi connectivity index (χ1n) is 8.64. The molecule has 0 amide bonds. The summed E-state index contributed by atoms with van der Waals surface area (Å²) in [6, 6.07) is 19.1. The highest BCUT2D eigenvalue weighted by Gasteiger charge is 2.14. The van der Waals surface area contributed by atoms with Crippen LogP contribution in [0.3, 0.4) is 0 Å². The predicted octanol–water partition coefficient (Wildman–Crippen LogP) is 8.02. The van der Waals surface area contributed by atoms with Crippen LogP contribution in [0.5, 0.6) is 0 Å². The summed E-state index contributed by atoms with van der Waals surface area (Å²) >= 11 is 24.5. The molecule has 0 aliphatic rings. The summed E-state index contributed by atoms with van der Waals surface area (Å²) in [4.78, 5) is 0. The topological polar surface area (TPSA) is 17.8 Å². The van der Waals surface area contributed by atoms with Crippen molar-refractivity contribution in [1.82, 2.24) is 9.78 Å². The van der Waals surface area contributed by atoms with Crippen LogP contribution in [0.1, 0.15) is 5.56 Å². The number of halogens is 5. The van der Waals surface area contributed by atoms with E-state index in [2.05, 4.69) is 0 Å². The molecule has 3 aromatic carbocycles. The van der Waals surface area contributed by atoms with Crippen LogP contribution in [0.15, 0.2) is 66.7 Å². The monoisotopic (exact) mass is 464 g/mol. The van der Waals surface area contributed by atoms with Gasteiger partial charge in [0.05, 0.1) is 38.0 Å². The number of rotatable bonds is 4. The lowest BCUT2D eigenvalue weighted by atomic mass is 10.1. The SMILES string of the molecule is Fc1cccc(Cn2nc(-c3ccc(Cl)c(Cl)c3)cc2-c2ccc(Cl)c(Cl)c2)c1. The van der Waals surface area contributed by atoms with Crippen molar-refractivity contribution in [3.63, 3.8) is 0 Å². The highest BCUT2D eigenvalue weighted by Crippen LogP contribution is 2.33. The smallest absolute Gasteiger partial charge is 0.123 e. The summed E-state index contributed by atoms with van der Waals surface area (Å²) in [7, 11) is 0. The molecule has 146 valence electrons. The number of aromatic nitrogens is 2. The van der Waals surface area contributed by atoms with Gasteiger partial charge in [0, 0.05) is 11.1 Å². The maximum Gasteiger partial charge on any atom is 0.123 e. The van der Waals surface area contributed by atoms with E-state index in [0.29, 0.717) is 32.3 Å². The zero-order chi connectivity index (χ0) is 20.5. The second-order valence-corrected chi connectivity index (χ2v) is 8.09. The second-order valence-electron chi connectivity index (χ2n) is 6.46. The fourth-order valence-corrected chi connectivity index (χ4v) is 3.63. The van der Waals surface area contributed by atoms with Gasteiger partial charge in [0.2, 0.25) is 0 Å². The van der Waals surface area contributed by atoms with Crippen molar-refractivity contribution in [2.45, 2.75) is 6.54 Å². The van der Waals surface area contributed by atoms with E-state index in [-0.39, 0.29) is 5.82 Å². The molecule has 4 rings (SSSR count). The van der Waals surface area contributed by atoms with Gasteiger partial charge in [-0.2, -0.15) is 5.10 Å². The van der Waals surface area contributed by atoms with Crippen LogP contribution >= 0.6 is 46.4 Å². The van der Waals surface area contributed by atoms with E-state index in [1.54, 1.807) is 35.0 Å². The van der Waals surface area contributed by atoms with E-state index in [4.69, 9.17) is 51.5 Å². The van der Waals surface area contributed by atoms with Gasteiger partial charge in [-0.3, -0.25) is 4.68 Å². The first-order valence-corrected chi connectivity index (χ1v) is 10.1. The zero-order valence-electron chi connectivity index (χ0n) is 14.8. The standard InChI is InChI=1S/C22H13Cl4FN2/c23-17-6-4-14(9-19(17)25)21-11-22(15-5-7-18(24)20(26)10-15)29(28-21)12-13-2-1-3-16(27)8-13/h1-11H,12H2. The van der Waals surface area contributed by atoms with E-state index >= 15 is 0 Å². The van der Waals surface area contributed by atoms with Gasteiger partial charge in [-0.05, 0) is 48.0 Å². The third-order valence-corrected chi connectivity index (χ3v) is 5.91. The molecule has 0 saturated carbocycles. The molecule has 4 aromatic rings. The van der Waals surface area contributed by atoms with Crippen molar-refractivity contribution in [2.75, 3.05) is 0 Å². The van der Waals surface area contributed by atoms with Gasteiger partial charge in [-0.15, -0.1) is 0 Å². The maximum absolute atomic E-state index is 13.7. The average Bonchev–Trinajstić information content (AvgIpc) is 3.10. The van der Waals surface area contributed by atoms with Crippen molar-refractivity contribution in [1.29, 1.82) is 0 Å².